The molecule has 1 heterocycles. The van der Waals surface area contributed by atoms with Gasteiger partial charge in [0.15, 0.2) is 6.61 Å². The van der Waals surface area contributed by atoms with E-state index in [1.807, 2.05) is 24.3 Å². The lowest BCUT2D eigenvalue weighted by molar-refractivity contribution is 0.264. The molecule has 1 saturated heterocycles. The van der Waals surface area contributed by atoms with Crippen LogP contribution in [-0.2, 0) is 6.54 Å². The molecule has 1 aromatic rings. The van der Waals surface area contributed by atoms with E-state index in [-0.39, 0.29) is 6.61 Å². The van der Waals surface area contributed by atoms with Crippen LogP contribution in [0, 0.1) is 17.2 Å². The Balaban J connectivity index is 1.73. The predicted octanol–water partition coefficient (Wildman–Crippen LogP) is 2.41. The zero-order chi connectivity index (χ0) is 15.1. The molecule has 0 saturated carbocycles. The summed E-state index contributed by atoms with van der Waals surface area (Å²) in [6.45, 7) is 8.97. The van der Waals surface area contributed by atoms with Crippen LogP contribution >= 0.6 is 0 Å². The highest BCUT2D eigenvalue weighted by atomic mass is 16.5. The summed E-state index contributed by atoms with van der Waals surface area (Å²) in [4.78, 5) is 2.54. The van der Waals surface area contributed by atoms with Crippen LogP contribution < -0.4 is 10.1 Å². The summed E-state index contributed by atoms with van der Waals surface area (Å²) in [5.74, 6) is 1.52. The number of nitrogens with one attached hydrogen (secondary N) is 1. The van der Waals surface area contributed by atoms with Crippen LogP contribution in [0.15, 0.2) is 24.3 Å². The van der Waals surface area contributed by atoms with Gasteiger partial charge in [-0.15, -0.1) is 0 Å². The molecule has 1 atom stereocenters. The molecule has 1 aliphatic rings. The molecule has 0 aromatic heterocycles. The van der Waals surface area contributed by atoms with Gasteiger partial charge < -0.3 is 15.0 Å². The number of benzene rings is 1. The Morgan fingerprint density at radius 3 is 3.05 bits per heavy atom. The number of ether oxygens (including phenoxy) is 1. The number of hydrogen-bond acceptors (Lipinski definition) is 4. The highest BCUT2D eigenvalue weighted by molar-refractivity contribution is 5.28. The first-order valence-electron chi connectivity index (χ1n) is 7.72. The van der Waals surface area contributed by atoms with Gasteiger partial charge in [0.1, 0.15) is 11.8 Å². The number of likely N-dealkylation sites (tertiary alicyclic amines) is 1. The van der Waals surface area contributed by atoms with Crippen LogP contribution in [0.4, 0.5) is 0 Å². The molecule has 1 fully saturated rings. The Labute approximate surface area is 127 Å². The van der Waals surface area contributed by atoms with Gasteiger partial charge in [-0.1, -0.05) is 12.1 Å². The van der Waals surface area contributed by atoms with Crippen molar-refractivity contribution in [3.63, 3.8) is 0 Å². The van der Waals surface area contributed by atoms with Crippen molar-refractivity contribution in [2.24, 2.45) is 5.92 Å². The zero-order valence-electron chi connectivity index (χ0n) is 13.0. The monoisotopic (exact) mass is 287 g/mol. The van der Waals surface area contributed by atoms with Gasteiger partial charge in [0, 0.05) is 19.1 Å². The molecule has 114 valence electrons. The summed E-state index contributed by atoms with van der Waals surface area (Å²) in [7, 11) is 0. The Kier molecular flexibility index (Phi) is 6.04. The standard InChI is InChI=1S/C17H25N3O/c1-14(2)20-8-6-16(13-20)12-19-11-15-4-3-5-17(10-15)21-9-7-18/h3-5,10,14,16,19H,6,8-9,11-13H2,1-2H3. The summed E-state index contributed by atoms with van der Waals surface area (Å²) < 4.78 is 5.32. The molecule has 1 unspecified atom stereocenters. The van der Waals surface area contributed by atoms with Crippen LogP contribution in [0.1, 0.15) is 25.8 Å². The van der Waals surface area contributed by atoms with Crippen molar-refractivity contribution in [3.05, 3.63) is 29.8 Å². The van der Waals surface area contributed by atoms with Crippen molar-refractivity contribution in [1.82, 2.24) is 10.2 Å². The highest BCUT2D eigenvalue weighted by Crippen LogP contribution is 2.18. The van der Waals surface area contributed by atoms with E-state index < -0.39 is 0 Å². The second-order valence-electron chi connectivity index (χ2n) is 5.97. The molecule has 2 rings (SSSR count). The van der Waals surface area contributed by atoms with Gasteiger partial charge in [-0.25, -0.2) is 0 Å². The van der Waals surface area contributed by atoms with Crippen molar-refractivity contribution in [2.75, 3.05) is 26.2 Å². The van der Waals surface area contributed by atoms with Crippen LogP contribution in [0.2, 0.25) is 0 Å². The average Bonchev–Trinajstić information content (AvgIpc) is 2.95. The molecule has 1 aromatic carbocycles. The summed E-state index contributed by atoms with van der Waals surface area (Å²) in [6, 6.07) is 10.6. The molecule has 0 radical (unpaired) electrons. The highest BCUT2D eigenvalue weighted by Gasteiger charge is 2.23. The second kappa shape index (κ2) is 8.02. The minimum absolute atomic E-state index is 0.101. The molecule has 0 amide bonds. The summed E-state index contributed by atoms with van der Waals surface area (Å²) in [6.07, 6.45) is 1.29. The van der Waals surface area contributed by atoms with Crippen LogP contribution in [0.25, 0.3) is 0 Å². The lowest BCUT2D eigenvalue weighted by Gasteiger charge is -2.20. The van der Waals surface area contributed by atoms with Gasteiger partial charge in [-0.3, -0.25) is 0 Å². The molecule has 0 aliphatic carbocycles. The first-order chi connectivity index (χ1) is 10.2. The maximum atomic E-state index is 8.53. The lowest BCUT2D eigenvalue weighted by Crippen LogP contribution is -2.30. The third-order valence-electron chi connectivity index (χ3n) is 4.01. The van der Waals surface area contributed by atoms with E-state index in [4.69, 9.17) is 10.00 Å². The smallest absolute Gasteiger partial charge is 0.174 e. The third-order valence-corrected chi connectivity index (χ3v) is 4.01. The van der Waals surface area contributed by atoms with E-state index >= 15 is 0 Å². The van der Waals surface area contributed by atoms with Gasteiger partial charge in [0.25, 0.3) is 0 Å². The molecular weight excluding hydrogens is 262 g/mol. The Hall–Kier alpha value is -1.57. The lowest BCUT2D eigenvalue weighted by atomic mass is 10.1. The van der Waals surface area contributed by atoms with E-state index in [9.17, 15) is 0 Å². The maximum Gasteiger partial charge on any atom is 0.174 e. The fourth-order valence-corrected chi connectivity index (χ4v) is 2.78. The quantitative estimate of drug-likeness (QED) is 0.836. The number of hydrogen-bond donors (Lipinski definition) is 1. The average molecular weight is 287 g/mol. The minimum Gasteiger partial charge on any atom is -0.479 e. The molecule has 0 bridgehead atoms. The zero-order valence-corrected chi connectivity index (χ0v) is 13.0. The van der Waals surface area contributed by atoms with Gasteiger partial charge in [0.2, 0.25) is 0 Å². The first-order valence-corrected chi connectivity index (χ1v) is 7.72. The normalized spacial score (nSPS) is 18.9. The topological polar surface area (TPSA) is 48.3 Å². The SMILES string of the molecule is CC(C)N1CCC(CNCc2cccc(OCC#N)c2)C1. The Bertz CT molecular complexity index is 481. The molecule has 4 heteroatoms. The van der Waals surface area contributed by atoms with Crippen LogP contribution in [-0.4, -0.2) is 37.2 Å². The van der Waals surface area contributed by atoms with Crippen molar-refractivity contribution in [2.45, 2.75) is 32.9 Å². The number of nitrogens with zero attached hydrogens (tertiary/aromatic N) is 2. The van der Waals surface area contributed by atoms with Crippen molar-refractivity contribution in [3.8, 4) is 11.8 Å². The molecular formula is C17H25N3O. The largest absolute Gasteiger partial charge is 0.479 e. The fourth-order valence-electron chi connectivity index (χ4n) is 2.78. The Morgan fingerprint density at radius 1 is 1.48 bits per heavy atom. The number of nitriles is 1. The van der Waals surface area contributed by atoms with Gasteiger partial charge >= 0.3 is 0 Å². The van der Waals surface area contributed by atoms with Crippen LogP contribution in [0.5, 0.6) is 5.75 Å². The van der Waals surface area contributed by atoms with Gasteiger partial charge in [-0.05, 0) is 57.0 Å². The molecule has 0 spiro atoms. The van der Waals surface area contributed by atoms with E-state index in [1.165, 1.54) is 25.1 Å². The van der Waals surface area contributed by atoms with Gasteiger partial charge in [0.05, 0.1) is 0 Å². The van der Waals surface area contributed by atoms with E-state index in [1.54, 1.807) is 0 Å². The minimum atomic E-state index is 0.101. The second-order valence-corrected chi connectivity index (χ2v) is 5.97. The summed E-state index contributed by atoms with van der Waals surface area (Å²) in [5, 5.41) is 12.1. The molecule has 21 heavy (non-hydrogen) atoms. The van der Waals surface area contributed by atoms with Crippen molar-refractivity contribution < 1.29 is 4.74 Å². The Morgan fingerprint density at radius 2 is 2.33 bits per heavy atom. The number of rotatable bonds is 7. The summed E-state index contributed by atoms with van der Waals surface area (Å²) in [5.41, 5.74) is 1.20. The molecule has 1 aliphatic heterocycles. The fraction of sp³-hybridized carbons (Fsp3) is 0.588. The van der Waals surface area contributed by atoms with Crippen molar-refractivity contribution in [1.29, 1.82) is 5.26 Å². The van der Waals surface area contributed by atoms with E-state index in [0.717, 1.165) is 24.8 Å². The van der Waals surface area contributed by atoms with E-state index in [0.29, 0.717) is 6.04 Å². The third kappa shape index (κ3) is 5.04. The van der Waals surface area contributed by atoms with Gasteiger partial charge in [-0.2, -0.15) is 5.26 Å². The molecule has 4 nitrogen and oxygen atoms in total. The molecule has 1 N–H and O–H groups in total. The van der Waals surface area contributed by atoms with Crippen LogP contribution in [0.3, 0.4) is 0 Å². The summed E-state index contributed by atoms with van der Waals surface area (Å²) >= 11 is 0. The first kappa shape index (κ1) is 15.8. The van der Waals surface area contributed by atoms with E-state index in [2.05, 4.69) is 30.1 Å². The maximum absolute atomic E-state index is 8.53. The predicted molar refractivity (Wildman–Crippen MR) is 84.1 cm³/mol. The van der Waals surface area contributed by atoms with Crippen molar-refractivity contribution >= 4 is 0 Å².